The molecule has 1 N–H and O–H groups in total. The molecule has 0 heterocycles. The van der Waals surface area contributed by atoms with Crippen molar-refractivity contribution in [2.75, 3.05) is 20.8 Å². The van der Waals surface area contributed by atoms with E-state index >= 15 is 0 Å². The Balaban J connectivity index is 1.89. The minimum atomic E-state index is -3.28. The van der Waals surface area contributed by atoms with Crippen LogP contribution in [-0.2, 0) is 13.6 Å². The summed E-state index contributed by atoms with van der Waals surface area (Å²) in [5.74, 6) is 0.942. The van der Waals surface area contributed by atoms with E-state index in [1.807, 2.05) is 30.3 Å². The van der Waals surface area contributed by atoms with Crippen LogP contribution in [0.5, 0.6) is 11.5 Å². The molecule has 0 radical (unpaired) electrons. The second-order valence-electron chi connectivity index (χ2n) is 7.14. The fourth-order valence-electron chi connectivity index (χ4n) is 3.08. The zero-order valence-electron chi connectivity index (χ0n) is 18.5. The Morgan fingerprint density at radius 3 is 2.22 bits per heavy atom. The number of phenolic OH excluding ortho intramolecular Hbond substituents is 1. The number of rotatable bonds is 10. The largest absolute Gasteiger partial charge is 0.508 e. The smallest absolute Gasteiger partial charge is 0.360 e. The molecule has 0 spiro atoms. The first-order valence-corrected chi connectivity index (χ1v) is 12.0. The molecule has 0 amide bonds. The van der Waals surface area contributed by atoms with Gasteiger partial charge < -0.3 is 18.9 Å². The molecule has 7 heteroatoms. The summed E-state index contributed by atoms with van der Waals surface area (Å²) in [5.41, 5.74) is 3.52. The van der Waals surface area contributed by atoms with E-state index in [-0.39, 0.29) is 5.75 Å². The second kappa shape index (κ2) is 11.1. The lowest BCUT2D eigenvalue weighted by Gasteiger charge is -2.14. The van der Waals surface area contributed by atoms with Crippen LogP contribution in [0.2, 0.25) is 0 Å². The zero-order valence-corrected chi connectivity index (χ0v) is 19.4. The van der Waals surface area contributed by atoms with E-state index in [1.54, 1.807) is 42.6 Å². The Morgan fingerprint density at radius 1 is 0.938 bits per heavy atom. The highest BCUT2D eigenvalue weighted by molar-refractivity contribution is 7.62. The molecule has 0 saturated carbocycles. The van der Waals surface area contributed by atoms with E-state index < -0.39 is 7.60 Å². The first kappa shape index (κ1) is 23.7. The summed E-state index contributed by atoms with van der Waals surface area (Å²) in [5, 5.41) is 9.94. The Kier molecular flexibility index (Phi) is 8.23. The van der Waals surface area contributed by atoms with Crippen molar-refractivity contribution in [3.05, 3.63) is 72.3 Å². The average Bonchev–Trinajstić information content (AvgIpc) is 2.84. The molecular weight excluding hydrogens is 425 g/mol. The summed E-state index contributed by atoms with van der Waals surface area (Å²) >= 11 is 0. The maximum absolute atomic E-state index is 12.6. The molecule has 32 heavy (non-hydrogen) atoms. The molecule has 0 fully saturated rings. The molecular formula is C25H28NO5P. The van der Waals surface area contributed by atoms with Gasteiger partial charge in [-0.25, -0.2) is 0 Å². The van der Waals surface area contributed by atoms with Crippen LogP contribution < -0.4 is 10.0 Å². The maximum atomic E-state index is 12.6. The lowest BCUT2D eigenvalue weighted by atomic mass is 10.0. The highest BCUT2D eigenvalue weighted by Crippen LogP contribution is 2.45. The van der Waals surface area contributed by atoms with Crippen LogP contribution in [0.15, 0.2) is 71.7 Å². The molecule has 6 nitrogen and oxygen atoms in total. The number of ether oxygens (including phenoxy) is 1. The molecule has 3 aromatic carbocycles. The van der Waals surface area contributed by atoms with Gasteiger partial charge in [0.05, 0.1) is 17.6 Å². The minimum absolute atomic E-state index is 0.204. The SMILES string of the molecule is CCCCOc1cc(-c2ccc(P(=O)(OC)OC)cc2)ccc1C=Nc1ccc(O)cc1. The van der Waals surface area contributed by atoms with Gasteiger partial charge in [0.15, 0.2) is 0 Å². The van der Waals surface area contributed by atoms with Gasteiger partial charge in [0.2, 0.25) is 0 Å². The van der Waals surface area contributed by atoms with Gasteiger partial charge in [-0.05, 0) is 66.1 Å². The molecule has 0 aliphatic heterocycles. The van der Waals surface area contributed by atoms with Crippen molar-refractivity contribution in [3.63, 3.8) is 0 Å². The van der Waals surface area contributed by atoms with E-state index in [0.717, 1.165) is 41.0 Å². The predicted molar refractivity (Wildman–Crippen MR) is 129 cm³/mol. The molecule has 0 bridgehead atoms. The third kappa shape index (κ3) is 5.86. The highest BCUT2D eigenvalue weighted by atomic mass is 31.2. The third-order valence-electron chi connectivity index (χ3n) is 4.97. The van der Waals surface area contributed by atoms with Crippen molar-refractivity contribution < 1.29 is 23.5 Å². The summed E-state index contributed by atoms with van der Waals surface area (Å²) in [6.45, 7) is 2.73. The number of benzene rings is 3. The standard InChI is InChI=1S/C25H28NO5P/c1-4-5-16-31-25-17-20(19-8-14-24(15-9-19)32(28,29-2)30-3)6-7-21(25)18-26-22-10-12-23(27)13-11-22/h6-15,17-18,27H,4-5,16H2,1-3H3. The lowest BCUT2D eigenvalue weighted by molar-refractivity contribution is 0.287. The fraction of sp³-hybridized carbons (Fsp3) is 0.240. The number of aliphatic imine (C=N–C) groups is 1. The van der Waals surface area contributed by atoms with E-state index in [9.17, 15) is 9.67 Å². The van der Waals surface area contributed by atoms with Crippen LogP contribution in [0, 0.1) is 0 Å². The van der Waals surface area contributed by atoms with Gasteiger partial charge in [-0.2, -0.15) is 0 Å². The van der Waals surface area contributed by atoms with Crippen LogP contribution in [0.3, 0.4) is 0 Å². The van der Waals surface area contributed by atoms with Crippen LogP contribution in [-0.4, -0.2) is 32.1 Å². The Hall–Kier alpha value is -2.92. The summed E-state index contributed by atoms with van der Waals surface area (Å²) in [7, 11) is -0.537. The van der Waals surface area contributed by atoms with Gasteiger partial charge in [-0.1, -0.05) is 31.5 Å². The van der Waals surface area contributed by atoms with Crippen molar-refractivity contribution >= 4 is 24.8 Å². The van der Waals surface area contributed by atoms with E-state index in [0.29, 0.717) is 11.9 Å². The van der Waals surface area contributed by atoms with E-state index in [1.165, 1.54) is 14.2 Å². The first-order chi connectivity index (χ1) is 15.5. The molecule has 0 aliphatic rings. The van der Waals surface area contributed by atoms with Crippen molar-refractivity contribution in [3.8, 4) is 22.6 Å². The maximum Gasteiger partial charge on any atom is 0.360 e. The fourth-order valence-corrected chi connectivity index (χ4v) is 4.16. The van der Waals surface area contributed by atoms with Gasteiger partial charge in [0, 0.05) is 26.0 Å². The van der Waals surface area contributed by atoms with Crippen molar-refractivity contribution in [2.24, 2.45) is 4.99 Å². The summed E-state index contributed by atoms with van der Waals surface area (Å²) in [6.07, 6.45) is 3.75. The van der Waals surface area contributed by atoms with E-state index in [2.05, 4.69) is 11.9 Å². The van der Waals surface area contributed by atoms with Crippen molar-refractivity contribution in [1.82, 2.24) is 0 Å². The lowest BCUT2D eigenvalue weighted by Crippen LogP contribution is -2.07. The zero-order chi connectivity index (χ0) is 23.0. The average molecular weight is 453 g/mol. The van der Waals surface area contributed by atoms with Crippen molar-refractivity contribution in [1.29, 1.82) is 0 Å². The Labute approximate surface area is 189 Å². The summed E-state index contributed by atoms with van der Waals surface area (Å²) < 4.78 is 28.7. The predicted octanol–water partition coefficient (Wildman–Crippen LogP) is 6.10. The Morgan fingerprint density at radius 2 is 1.59 bits per heavy atom. The summed E-state index contributed by atoms with van der Waals surface area (Å²) in [6, 6.07) is 19.9. The van der Waals surface area contributed by atoms with Crippen LogP contribution in [0.25, 0.3) is 11.1 Å². The first-order valence-electron chi connectivity index (χ1n) is 10.4. The minimum Gasteiger partial charge on any atom is -0.508 e. The number of nitrogens with zero attached hydrogens (tertiary/aromatic N) is 1. The molecule has 0 saturated heterocycles. The number of hydrogen-bond donors (Lipinski definition) is 1. The number of aromatic hydroxyl groups is 1. The van der Waals surface area contributed by atoms with Crippen LogP contribution in [0.1, 0.15) is 25.3 Å². The molecule has 0 atom stereocenters. The summed E-state index contributed by atoms with van der Waals surface area (Å²) in [4.78, 5) is 4.49. The second-order valence-corrected chi connectivity index (χ2v) is 9.38. The third-order valence-corrected chi connectivity index (χ3v) is 6.86. The van der Waals surface area contributed by atoms with Gasteiger partial charge in [0.1, 0.15) is 11.5 Å². The van der Waals surface area contributed by atoms with Gasteiger partial charge >= 0.3 is 7.60 Å². The molecule has 3 rings (SSSR count). The van der Waals surface area contributed by atoms with Gasteiger partial charge in [-0.3, -0.25) is 9.56 Å². The monoisotopic (exact) mass is 453 g/mol. The molecule has 0 aromatic heterocycles. The molecule has 0 aliphatic carbocycles. The number of hydrogen-bond acceptors (Lipinski definition) is 6. The van der Waals surface area contributed by atoms with Gasteiger partial charge in [-0.15, -0.1) is 0 Å². The molecule has 0 unspecified atom stereocenters. The molecule has 168 valence electrons. The molecule has 3 aromatic rings. The number of unbranched alkanes of at least 4 members (excludes halogenated alkanes) is 1. The highest BCUT2D eigenvalue weighted by Gasteiger charge is 2.24. The quantitative estimate of drug-likeness (QED) is 0.228. The van der Waals surface area contributed by atoms with Crippen LogP contribution >= 0.6 is 7.60 Å². The topological polar surface area (TPSA) is 77.4 Å². The van der Waals surface area contributed by atoms with Gasteiger partial charge in [0.25, 0.3) is 0 Å². The Bertz CT molecular complexity index is 1090. The normalized spacial score (nSPS) is 11.7. The van der Waals surface area contributed by atoms with Crippen LogP contribution in [0.4, 0.5) is 5.69 Å². The number of phenols is 1. The van der Waals surface area contributed by atoms with Crippen molar-refractivity contribution in [2.45, 2.75) is 19.8 Å². The van der Waals surface area contributed by atoms with E-state index in [4.69, 9.17) is 13.8 Å².